The maximum absolute atomic E-state index is 10.0. The molecule has 1 heterocycles. The van der Waals surface area contributed by atoms with E-state index in [0.717, 1.165) is 30.9 Å². The molecule has 0 aliphatic heterocycles. The van der Waals surface area contributed by atoms with Gasteiger partial charge in [0.1, 0.15) is 11.9 Å². The average Bonchev–Trinajstić information content (AvgIpc) is 3.07. The van der Waals surface area contributed by atoms with Crippen LogP contribution in [0, 0.1) is 11.8 Å². The average molecular weight is 321 g/mol. The lowest BCUT2D eigenvalue weighted by molar-refractivity contribution is 0.158. The highest BCUT2D eigenvalue weighted by Crippen LogP contribution is 2.30. The lowest BCUT2D eigenvalue weighted by atomic mass is 9.81. The van der Waals surface area contributed by atoms with Crippen LogP contribution in [0.3, 0.4) is 0 Å². The third-order valence-corrected chi connectivity index (χ3v) is 4.53. The van der Waals surface area contributed by atoms with Crippen molar-refractivity contribution in [1.29, 1.82) is 0 Å². The van der Waals surface area contributed by atoms with Gasteiger partial charge in [-0.25, -0.2) is 0 Å². The van der Waals surface area contributed by atoms with Crippen LogP contribution in [0.5, 0.6) is 0 Å². The fourth-order valence-corrected chi connectivity index (χ4v) is 3.31. The molecular weight excluding hydrogens is 290 g/mol. The first-order chi connectivity index (χ1) is 11.2. The highest BCUT2D eigenvalue weighted by molar-refractivity contribution is 5.79. The first kappa shape index (κ1) is 17.9. The third kappa shape index (κ3) is 6.26. The van der Waals surface area contributed by atoms with Crippen molar-refractivity contribution >= 4 is 5.96 Å². The highest BCUT2D eigenvalue weighted by atomic mass is 16.4. The van der Waals surface area contributed by atoms with Crippen LogP contribution < -0.4 is 10.6 Å². The zero-order valence-corrected chi connectivity index (χ0v) is 14.4. The zero-order valence-electron chi connectivity index (χ0n) is 14.4. The van der Waals surface area contributed by atoms with E-state index in [-0.39, 0.29) is 0 Å². The van der Waals surface area contributed by atoms with Gasteiger partial charge in [-0.2, -0.15) is 0 Å². The van der Waals surface area contributed by atoms with Gasteiger partial charge in [0.25, 0.3) is 0 Å². The van der Waals surface area contributed by atoms with Crippen LogP contribution in [-0.4, -0.2) is 30.7 Å². The van der Waals surface area contributed by atoms with Gasteiger partial charge in [-0.3, -0.25) is 4.99 Å². The SMILES string of the molecule is CCNC(=NCC(O)c1ccco1)NCCC1CCCC(C)C1. The number of furan rings is 1. The molecule has 5 heteroatoms. The standard InChI is InChI=1S/C18H31N3O2/c1-3-19-18(21-13-16(22)17-8-5-11-23-17)20-10-9-15-7-4-6-14(2)12-15/h5,8,11,14-16,22H,3-4,6-7,9-10,12-13H2,1-2H3,(H2,19,20,21). The van der Waals surface area contributed by atoms with Crippen molar-refractivity contribution in [3.8, 4) is 0 Å². The van der Waals surface area contributed by atoms with E-state index in [1.54, 1.807) is 18.4 Å². The lowest BCUT2D eigenvalue weighted by Gasteiger charge is -2.26. The van der Waals surface area contributed by atoms with Crippen LogP contribution in [0.1, 0.15) is 57.8 Å². The summed E-state index contributed by atoms with van der Waals surface area (Å²) in [5.41, 5.74) is 0. The fourth-order valence-electron chi connectivity index (χ4n) is 3.31. The summed E-state index contributed by atoms with van der Waals surface area (Å²) in [5.74, 6) is 3.03. The minimum Gasteiger partial charge on any atom is -0.467 e. The molecule has 1 saturated carbocycles. The van der Waals surface area contributed by atoms with E-state index in [4.69, 9.17) is 4.42 Å². The number of nitrogens with one attached hydrogen (secondary N) is 2. The number of rotatable bonds is 7. The predicted octanol–water partition coefficient (Wildman–Crippen LogP) is 3.08. The number of guanidine groups is 1. The fraction of sp³-hybridized carbons (Fsp3) is 0.722. The molecule has 1 aliphatic carbocycles. The van der Waals surface area contributed by atoms with Crippen molar-refractivity contribution in [3.63, 3.8) is 0 Å². The second-order valence-corrected chi connectivity index (χ2v) is 6.60. The number of nitrogens with zero attached hydrogens (tertiary/aromatic N) is 1. The molecule has 3 atom stereocenters. The summed E-state index contributed by atoms with van der Waals surface area (Å²) in [7, 11) is 0. The van der Waals surface area contributed by atoms with E-state index in [1.807, 2.05) is 6.92 Å². The molecule has 23 heavy (non-hydrogen) atoms. The molecule has 0 spiro atoms. The molecule has 5 nitrogen and oxygen atoms in total. The van der Waals surface area contributed by atoms with Gasteiger partial charge < -0.3 is 20.2 Å². The molecule has 1 fully saturated rings. The predicted molar refractivity (Wildman–Crippen MR) is 93.4 cm³/mol. The maximum atomic E-state index is 10.0. The molecule has 0 saturated heterocycles. The normalized spacial score (nSPS) is 23.5. The van der Waals surface area contributed by atoms with Crippen LogP contribution in [0.15, 0.2) is 27.8 Å². The molecule has 1 aliphatic rings. The van der Waals surface area contributed by atoms with Crippen LogP contribution >= 0.6 is 0 Å². The van der Waals surface area contributed by atoms with Gasteiger partial charge in [0.05, 0.1) is 12.8 Å². The minimum atomic E-state index is -0.695. The summed E-state index contributed by atoms with van der Waals surface area (Å²) in [5, 5.41) is 16.6. The van der Waals surface area contributed by atoms with Crippen molar-refractivity contribution in [3.05, 3.63) is 24.2 Å². The molecule has 0 aromatic carbocycles. The number of hydrogen-bond acceptors (Lipinski definition) is 3. The minimum absolute atomic E-state index is 0.295. The molecule has 1 aromatic rings. The van der Waals surface area contributed by atoms with E-state index in [9.17, 15) is 5.11 Å². The Morgan fingerprint density at radius 3 is 3.00 bits per heavy atom. The van der Waals surface area contributed by atoms with E-state index >= 15 is 0 Å². The van der Waals surface area contributed by atoms with E-state index in [2.05, 4.69) is 22.5 Å². The largest absolute Gasteiger partial charge is 0.467 e. The number of aliphatic imine (C=N–C) groups is 1. The quantitative estimate of drug-likeness (QED) is 0.533. The Morgan fingerprint density at radius 2 is 2.30 bits per heavy atom. The number of aliphatic hydroxyl groups is 1. The van der Waals surface area contributed by atoms with E-state index < -0.39 is 6.10 Å². The van der Waals surface area contributed by atoms with Gasteiger partial charge in [-0.05, 0) is 43.7 Å². The molecule has 130 valence electrons. The van der Waals surface area contributed by atoms with Crippen LogP contribution in [0.4, 0.5) is 0 Å². The van der Waals surface area contributed by atoms with Gasteiger partial charge in [-0.1, -0.05) is 26.2 Å². The van der Waals surface area contributed by atoms with Gasteiger partial charge in [0.2, 0.25) is 0 Å². The third-order valence-electron chi connectivity index (χ3n) is 4.53. The molecule has 0 amide bonds. The Kier molecular flexibility index (Phi) is 7.46. The zero-order chi connectivity index (χ0) is 16.5. The Balaban J connectivity index is 1.75. The first-order valence-electron chi connectivity index (χ1n) is 8.92. The van der Waals surface area contributed by atoms with Gasteiger partial charge in [0.15, 0.2) is 5.96 Å². The van der Waals surface area contributed by atoms with Gasteiger partial charge in [-0.15, -0.1) is 0 Å². The number of aliphatic hydroxyl groups excluding tert-OH is 1. The van der Waals surface area contributed by atoms with Gasteiger partial charge >= 0.3 is 0 Å². The molecule has 3 N–H and O–H groups in total. The second kappa shape index (κ2) is 9.60. The van der Waals surface area contributed by atoms with E-state index in [0.29, 0.717) is 12.3 Å². The summed E-state index contributed by atoms with van der Waals surface area (Å²) < 4.78 is 5.20. The second-order valence-electron chi connectivity index (χ2n) is 6.60. The van der Waals surface area contributed by atoms with Gasteiger partial charge in [0, 0.05) is 13.1 Å². The smallest absolute Gasteiger partial charge is 0.191 e. The van der Waals surface area contributed by atoms with Crippen molar-refractivity contribution in [2.75, 3.05) is 19.6 Å². The molecule has 2 rings (SSSR count). The molecule has 1 aromatic heterocycles. The first-order valence-corrected chi connectivity index (χ1v) is 8.92. The van der Waals surface area contributed by atoms with Crippen LogP contribution in [-0.2, 0) is 0 Å². The maximum Gasteiger partial charge on any atom is 0.191 e. The Hall–Kier alpha value is -1.49. The molecular formula is C18H31N3O2. The summed E-state index contributed by atoms with van der Waals surface area (Å²) in [6.45, 7) is 6.44. The Bertz CT molecular complexity index is 459. The molecule has 0 bridgehead atoms. The monoisotopic (exact) mass is 321 g/mol. The summed E-state index contributed by atoms with van der Waals surface area (Å²) in [6, 6.07) is 3.54. The summed E-state index contributed by atoms with van der Waals surface area (Å²) in [6.07, 6.45) is 7.53. The van der Waals surface area contributed by atoms with Crippen molar-refractivity contribution < 1.29 is 9.52 Å². The lowest BCUT2D eigenvalue weighted by Crippen LogP contribution is -2.38. The van der Waals surface area contributed by atoms with Crippen molar-refractivity contribution in [2.24, 2.45) is 16.8 Å². The Morgan fingerprint density at radius 1 is 1.43 bits per heavy atom. The molecule has 3 unspecified atom stereocenters. The number of hydrogen-bond donors (Lipinski definition) is 3. The Labute approximate surface area is 139 Å². The van der Waals surface area contributed by atoms with Crippen LogP contribution in [0.2, 0.25) is 0 Å². The van der Waals surface area contributed by atoms with Crippen molar-refractivity contribution in [1.82, 2.24) is 10.6 Å². The highest BCUT2D eigenvalue weighted by Gasteiger charge is 2.18. The van der Waals surface area contributed by atoms with Crippen LogP contribution in [0.25, 0.3) is 0 Å². The summed E-state index contributed by atoms with van der Waals surface area (Å²) >= 11 is 0. The molecule has 0 radical (unpaired) electrons. The summed E-state index contributed by atoms with van der Waals surface area (Å²) in [4.78, 5) is 4.45. The topological polar surface area (TPSA) is 69.8 Å². The van der Waals surface area contributed by atoms with E-state index in [1.165, 1.54) is 32.1 Å². The van der Waals surface area contributed by atoms with Crippen molar-refractivity contribution in [2.45, 2.75) is 52.1 Å².